The zero-order valence-electron chi connectivity index (χ0n) is 11.5. The smallest absolute Gasteiger partial charge is 0.416 e. The summed E-state index contributed by atoms with van der Waals surface area (Å²) in [5, 5.41) is 12.8. The van der Waals surface area contributed by atoms with E-state index in [-0.39, 0.29) is 11.8 Å². The number of rotatable bonds is 4. The van der Waals surface area contributed by atoms with Crippen LogP contribution in [0.1, 0.15) is 29.7 Å². The zero-order chi connectivity index (χ0) is 15.5. The van der Waals surface area contributed by atoms with Crippen molar-refractivity contribution in [1.29, 1.82) is 0 Å². The Balaban J connectivity index is 2.05. The van der Waals surface area contributed by atoms with Gasteiger partial charge in [-0.3, -0.25) is 0 Å². The fourth-order valence-corrected chi connectivity index (χ4v) is 2.09. The van der Waals surface area contributed by atoms with Gasteiger partial charge in [0, 0.05) is 18.2 Å². The molecule has 0 aliphatic carbocycles. The Morgan fingerprint density at radius 1 is 1.10 bits per heavy atom. The van der Waals surface area contributed by atoms with Crippen LogP contribution in [0, 0.1) is 0 Å². The lowest BCUT2D eigenvalue weighted by Gasteiger charge is -2.16. The van der Waals surface area contributed by atoms with Crippen molar-refractivity contribution in [3.05, 3.63) is 65.2 Å². The molecule has 0 aliphatic heterocycles. The third-order valence-electron chi connectivity index (χ3n) is 3.27. The van der Waals surface area contributed by atoms with Crippen molar-refractivity contribution in [2.24, 2.45) is 0 Å². The van der Waals surface area contributed by atoms with Crippen LogP contribution in [0.5, 0.6) is 5.75 Å². The number of aromatic hydroxyl groups is 1. The highest BCUT2D eigenvalue weighted by Gasteiger charge is 2.30. The summed E-state index contributed by atoms with van der Waals surface area (Å²) in [6.45, 7) is 2.14. The van der Waals surface area contributed by atoms with Crippen molar-refractivity contribution in [2.75, 3.05) is 0 Å². The highest BCUT2D eigenvalue weighted by atomic mass is 19.4. The molecule has 1 unspecified atom stereocenters. The molecule has 0 spiro atoms. The Hall–Kier alpha value is -2.01. The maximum atomic E-state index is 12.6. The predicted molar refractivity (Wildman–Crippen MR) is 74.8 cm³/mol. The van der Waals surface area contributed by atoms with Gasteiger partial charge in [-0.1, -0.05) is 36.4 Å². The second-order valence-electron chi connectivity index (χ2n) is 4.86. The van der Waals surface area contributed by atoms with Gasteiger partial charge in [-0.25, -0.2) is 0 Å². The van der Waals surface area contributed by atoms with Crippen molar-refractivity contribution in [3.63, 3.8) is 0 Å². The standard InChI is InChI=1S/C16H16F3NO/c1-11(14-7-2-3-8-15(14)21)20-10-12-5-4-6-13(9-12)16(17,18)19/h2-9,11,20-21H,10H2,1H3. The summed E-state index contributed by atoms with van der Waals surface area (Å²) in [6.07, 6.45) is -4.33. The van der Waals surface area contributed by atoms with Crippen LogP contribution in [-0.2, 0) is 12.7 Å². The highest BCUT2D eigenvalue weighted by molar-refractivity contribution is 5.34. The maximum Gasteiger partial charge on any atom is 0.416 e. The lowest BCUT2D eigenvalue weighted by Crippen LogP contribution is -2.18. The molecule has 0 saturated carbocycles. The molecule has 0 fully saturated rings. The van der Waals surface area contributed by atoms with Gasteiger partial charge < -0.3 is 10.4 Å². The molecule has 112 valence electrons. The summed E-state index contributed by atoms with van der Waals surface area (Å²) in [6, 6.07) is 11.9. The van der Waals surface area contributed by atoms with E-state index in [1.54, 1.807) is 30.3 Å². The third kappa shape index (κ3) is 3.98. The average molecular weight is 295 g/mol. The van der Waals surface area contributed by atoms with E-state index in [1.807, 2.05) is 6.92 Å². The van der Waals surface area contributed by atoms with Crippen molar-refractivity contribution < 1.29 is 18.3 Å². The number of nitrogens with one attached hydrogen (secondary N) is 1. The molecule has 2 aromatic rings. The van der Waals surface area contributed by atoms with Crippen molar-refractivity contribution >= 4 is 0 Å². The van der Waals surface area contributed by atoms with Gasteiger partial charge in [-0.2, -0.15) is 13.2 Å². The summed E-state index contributed by atoms with van der Waals surface area (Å²) in [5.41, 5.74) is 0.605. The molecule has 0 aromatic heterocycles. The first-order valence-electron chi connectivity index (χ1n) is 6.55. The molecule has 21 heavy (non-hydrogen) atoms. The van der Waals surface area contributed by atoms with Gasteiger partial charge >= 0.3 is 6.18 Å². The van der Waals surface area contributed by atoms with E-state index in [0.29, 0.717) is 17.7 Å². The Bertz CT molecular complexity index is 610. The molecular formula is C16H16F3NO. The molecule has 2 N–H and O–H groups in total. The van der Waals surface area contributed by atoms with Crippen LogP contribution in [0.15, 0.2) is 48.5 Å². The topological polar surface area (TPSA) is 32.3 Å². The van der Waals surface area contributed by atoms with E-state index in [1.165, 1.54) is 6.07 Å². The number of halogens is 3. The van der Waals surface area contributed by atoms with E-state index in [4.69, 9.17) is 0 Å². The zero-order valence-corrected chi connectivity index (χ0v) is 11.5. The summed E-state index contributed by atoms with van der Waals surface area (Å²) >= 11 is 0. The molecule has 0 heterocycles. The third-order valence-corrected chi connectivity index (χ3v) is 3.27. The van der Waals surface area contributed by atoms with E-state index >= 15 is 0 Å². The molecular weight excluding hydrogens is 279 g/mol. The molecule has 2 aromatic carbocycles. The fourth-order valence-electron chi connectivity index (χ4n) is 2.09. The Morgan fingerprint density at radius 3 is 2.48 bits per heavy atom. The number of hydrogen-bond donors (Lipinski definition) is 2. The molecule has 1 atom stereocenters. The van der Waals surface area contributed by atoms with Gasteiger partial charge in [0.05, 0.1) is 5.56 Å². The number of para-hydroxylation sites is 1. The highest BCUT2D eigenvalue weighted by Crippen LogP contribution is 2.29. The maximum absolute atomic E-state index is 12.6. The quantitative estimate of drug-likeness (QED) is 0.883. The molecule has 2 rings (SSSR count). The minimum absolute atomic E-state index is 0.166. The van der Waals surface area contributed by atoms with Crippen molar-refractivity contribution in [1.82, 2.24) is 5.32 Å². The number of benzene rings is 2. The summed E-state index contributed by atoms with van der Waals surface area (Å²) in [7, 11) is 0. The van der Waals surface area contributed by atoms with Crippen LogP contribution in [0.3, 0.4) is 0 Å². The number of phenolic OH excluding ortho intramolecular Hbond substituents is 1. The van der Waals surface area contributed by atoms with E-state index in [9.17, 15) is 18.3 Å². The largest absolute Gasteiger partial charge is 0.508 e. The van der Waals surface area contributed by atoms with E-state index < -0.39 is 11.7 Å². The van der Waals surface area contributed by atoms with Crippen LogP contribution in [-0.4, -0.2) is 5.11 Å². The van der Waals surface area contributed by atoms with Crippen LogP contribution < -0.4 is 5.32 Å². The minimum Gasteiger partial charge on any atom is -0.508 e. The molecule has 0 saturated heterocycles. The molecule has 0 aliphatic rings. The van der Waals surface area contributed by atoms with Gasteiger partial charge in [0.25, 0.3) is 0 Å². The second-order valence-corrected chi connectivity index (χ2v) is 4.86. The molecule has 0 bridgehead atoms. The molecule has 5 heteroatoms. The normalized spacial score (nSPS) is 13.1. The van der Waals surface area contributed by atoms with Gasteiger partial charge in [-0.15, -0.1) is 0 Å². The number of hydrogen-bond acceptors (Lipinski definition) is 2. The minimum atomic E-state index is -4.33. The Kier molecular flexibility index (Phi) is 4.53. The summed E-state index contributed by atoms with van der Waals surface area (Å²) < 4.78 is 37.9. The first-order chi connectivity index (χ1) is 9.88. The summed E-state index contributed by atoms with van der Waals surface area (Å²) in [5.74, 6) is 0.168. The Labute approximate surface area is 121 Å². The molecule has 0 radical (unpaired) electrons. The van der Waals surface area contributed by atoms with Crippen molar-refractivity contribution in [2.45, 2.75) is 25.7 Å². The van der Waals surface area contributed by atoms with E-state index in [0.717, 1.165) is 12.1 Å². The van der Waals surface area contributed by atoms with E-state index in [2.05, 4.69) is 5.32 Å². The number of phenols is 1. The second kappa shape index (κ2) is 6.18. The van der Waals surface area contributed by atoms with Crippen LogP contribution in [0.2, 0.25) is 0 Å². The van der Waals surface area contributed by atoms with Crippen LogP contribution in [0.25, 0.3) is 0 Å². The number of alkyl halides is 3. The van der Waals surface area contributed by atoms with Gasteiger partial charge in [0.2, 0.25) is 0 Å². The lowest BCUT2D eigenvalue weighted by molar-refractivity contribution is -0.137. The predicted octanol–water partition coefficient (Wildman–Crippen LogP) is 4.26. The first kappa shape index (κ1) is 15.4. The lowest BCUT2D eigenvalue weighted by atomic mass is 10.1. The van der Waals surface area contributed by atoms with Gasteiger partial charge in [-0.05, 0) is 24.6 Å². The van der Waals surface area contributed by atoms with Crippen molar-refractivity contribution in [3.8, 4) is 5.75 Å². The van der Waals surface area contributed by atoms with Gasteiger partial charge in [0.15, 0.2) is 0 Å². The molecule has 2 nitrogen and oxygen atoms in total. The fraction of sp³-hybridized carbons (Fsp3) is 0.250. The van der Waals surface area contributed by atoms with Crippen LogP contribution in [0.4, 0.5) is 13.2 Å². The Morgan fingerprint density at radius 2 is 1.81 bits per heavy atom. The van der Waals surface area contributed by atoms with Gasteiger partial charge in [0.1, 0.15) is 5.75 Å². The SMILES string of the molecule is CC(NCc1cccc(C(F)(F)F)c1)c1ccccc1O. The average Bonchev–Trinajstić information content (AvgIpc) is 2.45. The first-order valence-corrected chi connectivity index (χ1v) is 6.55. The monoisotopic (exact) mass is 295 g/mol. The summed E-state index contributed by atoms with van der Waals surface area (Å²) in [4.78, 5) is 0. The van der Waals surface area contributed by atoms with Crippen LogP contribution >= 0.6 is 0 Å². The molecule has 0 amide bonds.